The number of piperazine rings is 1. The monoisotopic (exact) mass is 324 g/mol. The molecule has 0 saturated carbocycles. The molecule has 0 atom stereocenters. The SMILES string of the molecule is CCc1cc(N2CCN(c3ccc(N)nc3)CC2)n2ncnc2n1. The molecule has 8 nitrogen and oxygen atoms in total. The third kappa shape index (κ3) is 2.60. The van der Waals surface area contributed by atoms with E-state index in [0.717, 1.165) is 49.8 Å². The zero-order chi connectivity index (χ0) is 16.5. The predicted octanol–water partition coefficient (Wildman–Crippen LogP) is 0.990. The van der Waals surface area contributed by atoms with Crippen LogP contribution in [0.3, 0.4) is 0 Å². The average Bonchev–Trinajstić information content (AvgIpc) is 3.10. The van der Waals surface area contributed by atoms with E-state index >= 15 is 0 Å². The van der Waals surface area contributed by atoms with Gasteiger partial charge in [-0.1, -0.05) is 6.92 Å². The Balaban J connectivity index is 1.55. The van der Waals surface area contributed by atoms with Gasteiger partial charge in [-0.25, -0.2) is 9.97 Å². The summed E-state index contributed by atoms with van der Waals surface area (Å²) in [5.74, 6) is 2.27. The Morgan fingerprint density at radius 3 is 2.58 bits per heavy atom. The first-order valence-corrected chi connectivity index (χ1v) is 8.15. The Morgan fingerprint density at radius 1 is 1.08 bits per heavy atom. The summed E-state index contributed by atoms with van der Waals surface area (Å²) in [6, 6.07) is 5.98. The Morgan fingerprint density at radius 2 is 1.88 bits per heavy atom. The standard InChI is InChI=1S/C16H20N8/c1-2-12-9-15(24-16(21-12)19-11-20-24)23-7-5-22(6-8-23)13-3-4-14(17)18-10-13/h3-4,9-11H,2,5-8H2,1H3,(H2,17,18). The molecule has 2 N–H and O–H groups in total. The maximum atomic E-state index is 5.66. The molecule has 4 heterocycles. The predicted molar refractivity (Wildman–Crippen MR) is 93.2 cm³/mol. The van der Waals surface area contributed by atoms with Crippen LogP contribution in [0.2, 0.25) is 0 Å². The topological polar surface area (TPSA) is 88.5 Å². The van der Waals surface area contributed by atoms with Gasteiger partial charge in [-0.15, -0.1) is 0 Å². The molecule has 1 aliphatic rings. The van der Waals surface area contributed by atoms with Gasteiger partial charge in [0.15, 0.2) is 0 Å². The van der Waals surface area contributed by atoms with Gasteiger partial charge >= 0.3 is 0 Å². The quantitative estimate of drug-likeness (QED) is 0.768. The Bertz CT molecular complexity index is 833. The average molecular weight is 324 g/mol. The van der Waals surface area contributed by atoms with Crippen LogP contribution in [-0.4, -0.2) is 50.7 Å². The molecule has 3 aromatic rings. The molecule has 1 fully saturated rings. The fourth-order valence-electron chi connectivity index (χ4n) is 3.03. The Hall–Kier alpha value is -2.90. The molecule has 0 radical (unpaired) electrons. The van der Waals surface area contributed by atoms with Crippen molar-refractivity contribution in [1.29, 1.82) is 0 Å². The van der Waals surface area contributed by atoms with Crippen LogP contribution in [0.4, 0.5) is 17.3 Å². The van der Waals surface area contributed by atoms with Gasteiger partial charge in [0.25, 0.3) is 5.78 Å². The van der Waals surface area contributed by atoms with E-state index in [9.17, 15) is 0 Å². The van der Waals surface area contributed by atoms with Crippen molar-refractivity contribution < 1.29 is 0 Å². The Kier molecular flexibility index (Phi) is 3.64. The van der Waals surface area contributed by atoms with Crippen molar-refractivity contribution in [3.8, 4) is 0 Å². The number of nitrogens with two attached hydrogens (primary N) is 1. The molecule has 24 heavy (non-hydrogen) atoms. The van der Waals surface area contributed by atoms with Crippen molar-refractivity contribution in [2.75, 3.05) is 41.7 Å². The maximum absolute atomic E-state index is 5.66. The van der Waals surface area contributed by atoms with Crippen molar-refractivity contribution in [2.24, 2.45) is 0 Å². The fraction of sp³-hybridized carbons (Fsp3) is 0.375. The summed E-state index contributed by atoms with van der Waals surface area (Å²) in [4.78, 5) is 17.6. The number of rotatable bonds is 3. The molecule has 4 rings (SSSR count). The Labute approximate surface area is 139 Å². The lowest BCUT2D eigenvalue weighted by Gasteiger charge is -2.37. The van der Waals surface area contributed by atoms with E-state index < -0.39 is 0 Å². The summed E-state index contributed by atoms with van der Waals surface area (Å²) in [5.41, 5.74) is 7.81. The van der Waals surface area contributed by atoms with E-state index in [-0.39, 0.29) is 0 Å². The molecular weight excluding hydrogens is 304 g/mol. The first-order valence-electron chi connectivity index (χ1n) is 8.15. The van der Waals surface area contributed by atoms with Crippen LogP contribution in [0.1, 0.15) is 12.6 Å². The summed E-state index contributed by atoms with van der Waals surface area (Å²) < 4.78 is 1.82. The first-order chi connectivity index (χ1) is 11.7. The number of fused-ring (bicyclic) bond motifs is 1. The number of nitrogens with zero attached hydrogens (tertiary/aromatic N) is 7. The molecule has 0 amide bonds. The third-order valence-corrected chi connectivity index (χ3v) is 4.39. The highest BCUT2D eigenvalue weighted by atomic mass is 15.4. The van der Waals surface area contributed by atoms with E-state index in [1.54, 1.807) is 6.33 Å². The summed E-state index contributed by atoms with van der Waals surface area (Å²) in [6.45, 7) is 5.77. The highest BCUT2D eigenvalue weighted by Gasteiger charge is 2.21. The van der Waals surface area contributed by atoms with Crippen LogP contribution in [-0.2, 0) is 6.42 Å². The lowest BCUT2D eigenvalue weighted by molar-refractivity contribution is 0.637. The zero-order valence-electron chi connectivity index (χ0n) is 13.6. The minimum Gasteiger partial charge on any atom is -0.384 e. The van der Waals surface area contributed by atoms with Gasteiger partial charge in [-0.05, 0) is 18.6 Å². The minimum atomic E-state index is 0.551. The molecule has 3 aromatic heterocycles. The first kappa shape index (κ1) is 14.7. The number of hydrogen-bond donors (Lipinski definition) is 1. The van der Waals surface area contributed by atoms with Crippen LogP contribution in [0.15, 0.2) is 30.7 Å². The highest BCUT2D eigenvalue weighted by molar-refractivity contribution is 5.52. The summed E-state index contributed by atoms with van der Waals surface area (Å²) in [5, 5.41) is 4.32. The number of anilines is 3. The second-order valence-corrected chi connectivity index (χ2v) is 5.85. The molecule has 0 bridgehead atoms. The second-order valence-electron chi connectivity index (χ2n) is 5.85. The molecule has 0 aromatic carbocycles. The molecule has 0 unspecified atom stereocenters. The summed E-state index contributed by atoms with van der Waals surface area (Å²) in [7, 11) is 0. The van der Waals surface area contributed by atoms with E-state index in [2.05, 4.69) is 42.8 Å². The maximum Gasteiger partial charge on any atom is 0.254 e. The molecule has 8 heteroatoms. The fourth-order valence-corrected chi connectivity index (χ4v) is 3.03. The minimum absolute atomic E-state index is 0.551. The van der Waals surface area contributed by atoms with Crippen LogP contribution in [0, 0.1) is 0 Å². The highest BCUT2D eigenvalue weighted by Crippen LogP contribution is 2.21. The molecule has 0 spiro atoms. The lowest BCUT2D eigenvalue weighted by Crippen LogP contribution is -2.47. The van der Waals surface area contributed by atoms with Gasteiger partial charge in [0.1, 0.15) is 18.0 Å². The van der Waals surface area contributed by atoms with E-state index in [1.807, 2.05) is 22.8 Å². The van der Waals surface area contributed by atoms with E-state index in [4.69, 9.17) is 5.73 Å². The molecule has 0 aliphatic carbocycles. The zero-order valence-corrected chi connectivity index (χ0v) is 13.6. The second kappa shape index (κ2) is 5.95. The van der Waals surface area contributed by atoms with Crippen LogP contribution in [0.25, 0.3) is 5.78 Å². The van der Waals surface area contributed by atoms with Gasteiger partial charge < -0.3 is 15.5 Å². The van der Waals surface area contributed by atoms with Crippen molar-refractivity contribution in [3.63, 3.8) is 0 Å². The van der Waals surface area contributed by atoms with Crippen molar-refractivity contribution in [1.82, 2.24) is 24.6 Å². The molecule has 1 aliphatic heterocycles. The third-order valence-electron chi connectivity index (χ3n) is 4.39. The summed E-state index contributed by atoms with van der Waals surface area (Å²) in [6.07, 6.45) is 4.28. The van der Waals surface area contributed by atoms with Gasteiger partial charge in [0, 0.05) is 37.9 Å². The lowest BCUT2D eigenvalue weighted by atomic mass is 10.2. The smallest absolute Gasteiger partial charge is 0.254 e. The van der Waals surface area contributed by atoms with Crippen LogP contribution < -0.4 is 15.5 Å². The number of aryl methyl sites for hydroxylation is 1. The summed E-state index contributed by atoms with van der Waals surface area (Å²) >= 11 is 0. The van der Waals surface area contributed by atoms with Gasteiger partial charge in [0.2, 0.25) is 0 Å². The number of nitrogen functional groups attached to an aromatic ring is 1. The van der Waals surface area contributed by atoms with Crippen molar-refractivity contribution >= 4 is 23.1 Å². The van der Waals surface area contributed by atoms with Crippen molar-refractivity contribution in [2.45, 2.75) is 13.3 Å². The van der Waals surface area contributed by atoms with Gasteiger partial charge in [0.05, 0.1) is 11.9 Å². The number of hydrogen-bond acceptors (Lipinski definition) is 7. The number of aromatic nitrogens is 5. The van der Waals surface area contributed by atoms with Crippen LogP contribution >= 0.6 is 0 Å². The largest absolute Gasteiger partial charge is 0.384 e. The number of pyridine rings is 1. The van der Waals surface area contributed by atoms with E-state index in [1.165, 1.54) is 0 Å². The molecular formula is C16H20N8. The van der Waals surface area contributed by atoms with E-state index in [0.29, 0.717) is 11.6 Å². The van der Waals surface area contributed by atoms with Gasteiger partial charge in [-0.3, -0.25) is 0 Å². The normalized spacial score (nSPS) is 15.2. The van der Waals surface area contributed by atoms with Crippen LogP contribution in [0.5, 0.6) is 0 Å². The van der Waals surface area contributed by atoms with Crippen molar-refractivity contribution in [3.05, 3.63) is 36.4 Å². The molecule has 124 valence electrons. The molecule has 1 saturated heterocycles. The van der Waals surface area contributed by atoms with Gasteiger partial charge in [-0.2, -0.15) is 14.6 Å².